The van der Waals surface area contributed by atoms with Crippen molar-refractivity contribution in [3.63, 3.8) is 0 Å². The summed E-state index contributed by atoms with van der Waals surface area (Å²) in [5.74, 6) is 1.41. The summed E-state index contributed by atoms with van der Waals surface area (Å²) in [5.41, 5.74) is 4.02. The summed E-state index contributed by atoms with van der Waals surface area (Å²) in [7, 11) is 3.24. The van der Waals surface area contributed by atoms with E-state index in [-0.39, 0.29) is 5.91 Å². The molecule has 0 saturated carbocycles. The Morgan fingerprint density at radius 2 is 1.85 bits per heavy atom. The average molecular weight is 434 g/mol. The highest BCUT2D eigenvalue weighted by Crippen LogP contribution is 2.32. The molecule has 0 bridgehead atoms. The summed E-state index contributed by atoms with van der Waals surface area (Å²) in [6.07, 6.45) is -0.575. The highest BCUT2D eigenvalue weighted by atomic mass is 79.9. The van der Waals surface area contributed by atoms with Gasteiger partial charge in [0.15, 0.2) is 6.10 Å². The first kappa shape index (κ1) is 19.7. The molecule has 0 aliphatic carbocycles. The molecule has 0 aromatic heterocycles. The van der Waals surface area contributed by atoms with E-state index >= 15 is 0 Å². The minimum atomic E-state index is -0.575. The molecule has 1 aliphatic rings. The lowest BCUT2D eigenvalue weighted by Crippen LogP contribution is -2.43. The normalized spacial score (nSPS) is 17.1. The van der Waals surface area contributed by atoms with Crippen LogP contribution in [0.25, 0.3) is 0 Å². The number of methoxy groups -OCH3 is 2. The van der Waals surface area contributed by atoms with Gasteiger partial charge in [-0.25, -0.2) is 0 Å². The van der Waals surface area contributed by atoms with E-state index in [1.165, 1.54) is 0 Å². The molecule has 1 saturated heterocycles. The molecule has 1 unspecified atom stereocenters. The lowest BCUT2D eigenvalue weighted by molar-refractivity contribution is -0.154. The van der Waals surface area contributed by atoms with E-state index < -0.39 is 6.10 Å². The second-order valence-corrected chi connectivity index (χ2v) is 7.45. The van der Waals surface area contributed by atoms with E-state index in [9.17, 15) is 4.79 Å². The van der Waals surface area contributed by atoms with E-state index in [1.54, 1.807) is 14.2 Å². The van der Waals surface area contributed by atoms with Gasteiger partial charge in [-0.15, -0.1) is 0 Å². The Bertz CT molecular complexity index is 829. The SMILES string of the molecule is COc1ccc(CN2CCOC(c3cc(C)c(Br)c(C)c3)C2=O)c(OC)c1. The second kappa shape index (κ2) is 8.31. The largest absolute Gasteiger partial charge is 0.497 e. The zero-order valence-corrected chi connectivity index (χ0v) is 17.6. The van der Waals surface area contributed by atoms with Gasteiger partial charge in [0.05, 0.1) is 20.8 Å². The van der Waals surface area contributed by atoms with Crippen molar-refractivity contribution in [2.24, 2.45) is 0 Å². The minimum absolute atomic E-state index is 0.0276. The van der Waals surface area contributed by atoms with E-state index in [0.29, 0.717) is 25.4 Å². The molecule has 0 N–H and O–H groups in total. The van der Waals surface area contributed by atoms with Gasteiger partial charge in [-0.3, -0.25) is 4.79 Å². The van der Waals surface area contributed by atoms with Crippen LogP contribution in [0.1, 0.15) is 28.4 Å². The number of rotatable bonds is 5. The fourth-order valence-corrected chi connectivity index (χ4v) is 3.57. The van der Waals surface area contributed by atoms with Gasteiger partial charge in [0.1, 0.15) is 11.5 Å². The lowest BCUT2D eigenvalue weighted by atomic mass is 10.0. The Kier molecular flexibility index (Phi) is 6.07. The third-order valence-corrected chi connectivity index (χ3v) is 6.05. The van der Waals surface area contributed by atoms with Gasteiger partial charge < -0.3 is 19.1 Å². The predicted molar refractivity (Wildman–Crippen MR) is 107 cm³/mol. The van der Waals surface area contributed by atoms with Crippen LogP contribution in [0.2, 0.25) is 0 Å². The van der Waals surface area contributed by atoms with Crippen molar-refractivity contribution in [3.8, 4) is 11.5 Å². The number of carbonyl (C=O) groups excluding carboxylic acids is 1. The van der Waals surface area contributed by atoms with Crippen LogP contribution >= 0.6 is 15.9 Å². The Hall–Kier alpha value is -2.05. The van der Waals surface area contributed by atoms with Crippen LogP contribution in [0.5, 0.6) is 11.5 Å². The van der Waals surface area contributed by atoms with Gasteiger partial charge in [-0.1, -0.05) is 28.1 Å². The predicted octanol–water partition coefficient (Wildman–Crippen LogP) is 4.18. The van der Waals surface area contributed by atoms with Gasteiger partial charge in [-0.05, 0) is 42.7 Å². The molecule has 1 aliphatic heterocycles. The highest BCUT2D eigenvalue weighted by molar-refractivity contribution is 9.10. The first-order chi connectivity index (χ1) is 12.9. The summed E-state index contributed by atoms with van der Waals surface area (Å²) >= 11 is 3.58. The van der Waals surface area contributed by atoms with Crippen molar-refractivity contribution in [3.05, 3.63) is 57.1 Å². The van der Waals surface area contributed by atoms with Gasteiger partial charge >= 0.3 is 0 Å². The van der Waals surface area contributed by atoms with E-state index in [0.717, 1.165) is 32.5 Å². The number of ether oxygens (including phenoxy) is 3. The van der Waals surface area contributed by atoms with Crippen LogP contribution in [0.4, 0.5) is 0 Å². The van der Waals surface area contributed by atoms with Crippen molar-refractivity contribution in [2.45, 2.75) is 26.5 Å². The summed E-state index contributed by atoms with van der Waals surface area (Å²) < 4.78 is 17.6. The van der Waals surface area contributed by atoms with Crippen molar-refractivity contribution in [2.75, 3.05) is 27.4 Å². The maximum absolute atomic E-state index is 13.1. The minimum Gasteiger partial charge on any atom is -0.497 e. The standard InChI is InChI=1S/C21H24BrNO4/c1-13-9-16(10-14(2)19(13)22)20-21(24)23(7-8-27-20)12-15-5-6-17(25-3)11-18(15)26-4/h5-6,9-11,20H,7-8,12H2,1-4H3. The summed E-state index contributed by atoms with van der Waals surface area (Å²) in [6.45, 7) is 5.57. The molecule has 1 atom stereocenters. The van der Waals surface area contributed by atoms with Crippen LogP contribution in [0.3, 0.4) is 0 Å². The topological polar surface area (TPSA) is 48.0 Å². The number of morpholine rings is 1. The quantitative estimate of drug-likeness (QED) is 0.709. The molecule has 1 heterocycles. The van der Waals surface area contributed by atoms with Crippen molar-refractivity contribution in [1.82, 2.24) is 4.90 Å². The Morgan fingerprint density at radius 3 is 2.48 bits per heavy atom. The number of amides is 1. The number of aryl methyl sites for hydroxylation is 2. The first-order valence-corrected chi connectivity index (χ1v) is 9.61. The molecule has 1 fully saturated rings. The van der Waals surface area contributed by atoms with Gasteiger partial charge in [0, 0.05) is 29.2 Å². The molecular formula is C21H24BrNO4. The molecule has 0 radical (unpaired) electrons. The number of carbonyl (C=O) groups is 1. The van der Waals surface area contributed by atoms with Gasteiger partial charge in [-0.2, -0.15) is 0 Å². The number of nitrogens with zero attached hydrogens (tertiary/aromatic N) is 1. The van der Waals surface area contributed by atoms with Crippen molar-refractivity contribution < 1.29 is 19.0 Å². The van der Waals surface area contributed by atoms with Crippen LogP contribution in [0, 0.1) is 13.8 Å². The fourth-order valence-electron chi connectivity index (χ4n) is 3.34. The van der Waals surface area contributed by atoms with Gasteiger partial charge in [0.2, 0.25) is 0 Å². The molecule has 1 amide bonds. The van der Waals surface area contributed by atoms with Crippen molar-refractivity contribution in [1.29, 1.82) is 0 Å². The maximum Gasteiger partial charge on any atom is 0.256 e. The average Bonchev–Trinajstić information content (AvgIpc) is 2.67. The number of benzene rings is 2. The van der Waals surface area contributed by atoms with E-state index in [2.05, 4.69) is 15.9 Å². The summed E-state index contributed by atoms with van der Waals surface area (Å²) in [5, 5.41) is 0. The molecule has 2 aromatic carbocycles. The maximum atomic E-state index is 13.1. The molecular weight excluding hydrogens is 410 g/mol. The number of hydrogen-bond acceptors (Lipinski definition) is 4. The molecule has 27 heavy (non-hydrogen) atoms. The Morgan fingerprint density at radius 1 is 1.15 bits per heavy atom. The third-order valence-electron chi connectivity index (χ3n) is 4.80. The van der Waals surface area contributed by atoms with Crippen LogP contribution in [-0.4, -0.2) is 38.2 Å². The van der Waals surface area contributed by atoms with E-state index in [4.69, 9.17) is 14.2 Å². The molecule has 144 valence electrons. The Balaban J connectivity index is 1.83. The van der Waals surface area contributed by atoms with Crippen molar-refractivity contribution >= 4 is 21.8 Å². The summed E-state index contributed by atoms with van der Waals surface area (Å²) in [4.78, 5) is 14.9. The van der Waals surface area contributed by atoms with Gasteiger partial charge in [0.25, 0.3) is 5.91 Å². The monoisotopic (exact) mass is 433 g/mol. The molecule has 6 heteroatoms. The zero-order chi connectivity index (χ0) is 19.6. The first-order valence-electron chi connectivity index (χ1n) is 8.82. The van der Waals surface area contributed by atoms with Crippen LogP contribution in [-0.2, 0) is 16.1 Å². The zero-order valence-electron chi connectivity index (χ0n) is 16.0. The molecule has 5 nitrogen and oxygen atoms in total. The number of halogens is 1. The van der Waals surface area contributed by atoms with E-state index in [1.807, 2.05) is 49.1 Å². The Labute approximate surface area is 168 Å². The molecule has 0 spiro atoms. The fraction of sp³-hybridized carbons (Fsp3) is 0.381. The lowest BCUT2D eigenvalue weighted by Gasteiger charge is -2.33. The highest BCUT2D eigenvalue weighted by Gasteiger charge is 2.32. The smallest absolute Gasteiger partial charge is 0.256 e. The third kappa shape index (κ3) is 4.12. The number of hydrogen-bond donors (Lipinski definition) is 0. The second-order valence-electron chi connectivity index (χ2n) is 6.66. The molecule has 2 aromatic rings. The van der Waals surface area contributed by atoms with Crippen LogP contribution < -0.4 is 9.47 Å². The molecule has 3 rings (SSSR count). The summed E-state index contributed by atoms with van der Waals surface area (Å²) in [6, 6.07) is 9.67. The van der Waals surface area contributed by atoms with Crippen LogP contribution in [0.15, 0.2) is 34.8 Å².